The van der Waals surface area contributed by atoms with Crippen LogP contribution < -0.4 is 5.32 Å². The molecule has 0 unspecified atom stereocenters. The van der Waals surface area contributed by atoms with Gasteiger partial charge in [-0.3, -0.25) is 19.3 Å². The highest BCUT2D eigenvalue weighted by Gasteiger charge is 2.36. The number of carboxylic acid groups (broad SMARTS) is 1. The van der Waals surface area contributed by atoms with Gasteiger partial charge >= 0.3 is 5.97 Å². The van der Waals surface area contributed by atoms with Crippen molar-refractivity contribution in [3.63, 3.8) is 0 Å². The number of nitrogens with one attached hydrogen (secondary N) is 1. The Kier molecular flexibility index (Phi) is 5.36. The van der Waals surface area contributed by atoms with Crippen LogP contribution in [-0.2, 0) is 9.59 Å². The maximum absolute atomic E-state index is 12.4. The summed E-state index contributed by atoms with van der Waals surface area (Å²) in [7, 11) is 0. The van der Waals surface area contributed by atoms with Gasteiger partial charge in [-0.1, -0.05) is 6.07 Å². The fourth-order valence-electron chi connectivity index (χ4n) is 2.58. The van der Waals surface area contributed by atoms with E-state index in [1.807, 2.05) is 0 Å². The summed E-state index contributed by atoms with van der Waals surface area (Å²) in [5, 5.41) is 11.1. The van der Waals surface area contributed by atoms with E-state index in [-0.39, 0.29) is 16.2 Å². The van der Waals surface area contributed by atoms with Gasteiger partial charge in [0.15, 0.2) is 0 Å². The Morgan fingerprint density at radius 1 is 1.21 bits per heavy atom. The molecule has 1 aromatic carbocycles. The molecule has 0 aliphatic carbocycles. The van der Waals surface area contributed by atoms with Crippen LogP contribution in [0.2, 0.25) is 0 Å². The summed E-state index contributed by atoms with van der Waals surface area (Å²) in [5.74, 6) is -1.39. The van der Waals surface area contributed by atoms with E-state index in [1.54, 1.807) is 32.0 Å². The molecule has 0 saturated carbocycles. The van der Waals surface area contributed by atoms with E-state index in [1.165, 1.54) is 18.2 Å². The molecule has 0 spiro atoms. The van der Waals surface area contributed by atoms with Gasteiger partial charge in [0.2, 0.25) is 5.91 Å². The van der Waals surface area contributed by atoms with E-state index >= 15 is 0 Å². The monoisotopic (exact) mass is 400 g/mol. The standard InChI is InChI=1S/C19H16N2O6S/c1-10-3-6-13(18(24)25)14(7-10)20-16(22)9-21-17(23)15(28-19(21)26)8-12-5-4-11(2)27-12/h3-8H,9H2,1-2H3,(H,20,22)(H,24,25)/b15-8-. The lowest BCUT2D eigenvalue weighted by Crippen LogP contribution is -2.36. The van der Waals surface area contributed by atoms with Crippen LogP contribution in [0, 0.1) is 13.8 Å². The Labute approximate surface area is 164 Å². The molecule has 3 amide bonds. The largest absolute Gasteiger partial charge is 0.478 e. The topological polar surface area (TPSA) is 117 Å². The predicted molar refractivity (Wildman–Crippen MR) is 103 cm³/mol. The van der Waals surface area contributed by atoms with E-state index in [4.69, 9.17) is 4.42 Å². The van der Waals surface area contributed by atoms with Gasteiger partial charge in [-0.05, 0) is 55.4 Å². The summed E-state index contributed by atoms with van der Waals surface area (Å²) in [6.07, 6.45) is 1.44. The van der Waals surface area contributed by atoms with Crippen LogP contribution in [-0.4, -0.2) is 39.6 Å². The highest BCUT2D eigenvalue weighted by Crippen LogP contribution is 2.32. The maximum Gasteiger partial charge on any atom is 0.337 e. The van der Waals surface area contributed by atoms with Gasteiger partial charge in [-0.2, -0.15) is 0 Å². The lowest BCUT2D eigenvalue weighted by molar-refractivity contribution is -0.127. The van der Waals surface area contributed by atoms with Gasteiger partial charge in [0.05, 0.1) is 16.2 Å². The van der Waals surface area contributed by atoms with Gasteiger partial charge in [0.25, 0.3) is 11.1 Å². The second kappa shape index (κ2) is 7.73. The van der Waals surface area contributed by atoms with Crippen molar-refractivity contribution in [1.82, 2.24) is 4.90 Å². The molecule has 1 saturated heterocycles. The lowest BCUT2D eigenvalue weighted by atomic mass is 10.1. The Morgan fingerprint density at radius 3 is 2.61 bits per heavy atom. The molecule has 2 aromatic rings. The maximum atomic E-state index is 12.4. The number of furan rings is 1. The zero-order chi connectivity index (χ0) is 20.4. The molecule has 0 atom stereocenters. The van der Waals surface area contributed by atoms with Gasteiger partial charge in [-0.15, -0.1) is 0 Å². The quantitative estimate of drug-likeness (QED) is 0.740. The molecular weight excluding hydrogens is 384 g/mol. The third-order valence-corrected chi connectivity index (χ3v) is 4.80. The number of amides is 3. The van der Waals surface area contributed by atoms with Gasteiger partial charge in [0.1, 0.15) is 18.1 Å². The molecule has 1 aliphatic rings. The van der Waals surface area contributed by atoms with Crippen LogP contribution in [0.3, 0.4) is 0 Å². The van der Waals surface area contributed by atoms with Crippen molar-refractivity contribution in [2.24, 2.45) is 0 Å². The van der Waals surface area contributed by atoms with Crippen LogP contribution in [0.15, 0.2) is 39.7 Å². The number of nitrogens with zero attached hydrogens (tertiary/aromatic N) is 1. The van der Waals surface area contributed by atoms with Crippen molar-refractivity contribution in [3.05, 3.63) is 57.9 Å². The van der Waals surface area contributed by atoms with Gasteiger partial charge in [0, 0.05) is 6.08 Å². The Bertz CT molecular complexity index is 1020. The smallest absolute Gasteiger partial charge is 0.337 e. The summed E-state index contributed by atoms with van der Waals surface area (Å²) in [4.78, 5) is 49.1. The number of aryl methyl sites for hydroxylation is 2. The molecule has 1 aliphatic heterocycles. The normalized spacial score (nSPS) is 15.4. The molecule has 2 N–H and O–H groups in total. The number of carbonyl (C=O) groups is 4. The molecular formula is C19H16N2O6S. The lowest BCUT2D eigenvalue weighted by Gasteiger charge is -2.14. The Morgan fingerprint density at radius 2 is 1.96 bits per heavy atom. The third-order valence-electron chi connectivity index (χ3n) is 3.89. The van der Waals surface area contributed by atoms with Gasteiger partial charge < -0.3 is 14.8 Å². The van der Waals surface area contributed by atoms with Crippen molar-refractivity contribution in [2.45, 2.75) is 13.8 Å². The Balaban J connectivity index is 1.73. The second-order valence-corrected chi connectivity index (χ2v) is 7.11. The van der Waals surface area contributed by atoms with Crippen molar-refractivity contribution >= 4 is 46.5 Å². The second-order valence-electron chi connectivity index (χ2n) is 6.12. The fraction of sp³-hybridized carbons (Fsp3) is 0.158. The highest BCUT2D eigenvalue weighted by molar-refractivity contribution is 8.18. The molecule has 0 bridgehead atoms. The molecule has 28 heavy (non-hydrogen) atoms. The minimum atomic E-state index is -1.20. The summed E-state index contributed by atoms with van der Waals surface area (Å²) in [5.41, 5.74) is 0.774. The van der Waals surface area contributed by atoms with Crippen LogP contribution >= 0.6 is 11.8 Å². The molecule has 2 heterocycles. The first kappa shape index (κ1) is 19.4. The first-order valence-corrected chi connectivity index (χ1v) is 9.02. The summed E-state index contributed by atoms with van der Waals surface area (Å²) in [6, 6.07) is 7.89. The number of carboxylic acids is 1. The van der Waals surface area contributed by atoms with E-state index in [0.29, 0.717) is 23.3 Å². The minimum Gasteiger partial charge on any atom is -0.478 e. The average Bonchev–Trinajstić information content (AvgIpc) is 3.13. The van der Waals surface area contributed by atoms with Crippen molar-refractivity contribution < 1.29 is 28.7 Å². The molecule has 1 aromatic heterocycles. The summed E-state index contributed by atoms with van der Waals surface area (Å²) < 4.78 is 5.36. The molecule has 8 nitrogen and oxygen atoms in total. The van der Waals surface area contributed by atoms with E-state index in [0.717, 1.165) is 10.5 Å². The SMILES string of the molecule is Cc1ccc(C(=O)O)c(NC(=O)CN2C(=O)S/C(=C\c3ccc(C)o3)C2=O)c1. The number of anilines is 1. The van der Waals surface area contributed by atoms with E-state index < -0.39 is 29.6 Å². The summed E-state index contributed by atoms with van der Waals surface area (Å²) >= 11 is 0.709. The molecule has 3 rings (SSSR count). The molecule has 9 heteroatoms. The first-order valence-electron chi connectivity index (χ1n) is 8.20. The van der Waals surface area contributed by atoms with Crippen LogP contribution in [0.4, 0.5) is 10.5 Å². The van der Waals surface area contributed by atoms with E-state index in [9.17, 15) is 24.3 Å². The molecule has 0 radical (unpaired) electrons. The number of benzene rings is 1. The number of thioether (sulfide) groups is 1. The minimum absolute atomic E-state index is 0.0822. The van der Waals surface area contributed by atoms with Crippen molar-refractivity contribution in [1.29, 1.82) is 0 Å². The Hall–Kier alpha value is -3.33. The van der Waals surface area contributed by atoms with Crippen molar-refractivity contribution in [2.75, 3.05) is 11.9 Å². The molecule has 144 valence electrons. The van der Waals surface area contributed by atoms with Crippen LogP contribution in [0.25, 0.3) is 6.08 Å². The average molecular weight is 400 g/mol. The number of hydrogen-bond acceptors (Lipinski definition) is 6. The number of hydrogen-bond donors (Lipinski definition) is 2. The number of aromatic carboxylic acids is 1. The van der Waals surface area contributed by atoms with Crippen molar-refractivity contribution in [3.8, 4) is 0 Å². The number of carbonyl (C=O) groups excluding carboxylic acids is 3. The number of rotatable bonds is 5. The van der Waals surface area contributed by atoms with Crippen LogP contribution in [0.5, 0.6) is 0 Å². The summed E-state index contributed by atoms with van der Waals surface area (Å²) in [6.45, 7) is 2.98. The zero-order valence-electron chi connectivity index (χ0n) is 15.0. The zero-order valence-corrected chi connectivity index (χ0v) is 15.8. The van der Waals surface area contributed by atoms with Gasteiger partial charge in [-0.25, -0.2) is 4.79 Å². The first-order chi connectivity index (χ1) is 13.2. The molecule has 1 fully saturated rings. The fourth-order valence-corrected chi connectivity index (χ4v) is 3.40. The highest BCUT2D eigenvalue weighted by atomic mass is 32.2. The number of imide groups is 1. The van der Waals surface area contributed by atoms with Crippen LogP contribution in [0.1, 0.15) is 27.4 Å². The predicted octanol–water partition coefficient (Wildman–Crippen LogP) is 3.27. The van der Waals surface area contributed by atoms with E-state index in [2.05, 4.69) is 5.32 Å². The third kappa shape index (κ3) is 4.15.